The molecule has 3 aliphatic carbocycles. The molecule has 10 heteroatoms. The summed E-state index contributed by atoms with van der Waals surface area (Å²) in [5.41, 5.74) is -2.58. The van der Waals surface area contributed by atoms with Crippen LogP contribution >= 0.6 is 11.6 Å². The SMILES string of the molecule is CO[C@@H](C)C(=O)N[C@H]1C[C@H](C(=O)N[C@H](c2c(F)ccc(Cl)c2F)C23CCC(F)(CC2)C3)C[C@H]1O. The van der Waals surface area contributed by atoms with Crippen LogP contribution in [0.4, 0.5) is 13.2 Å². The molecule has 3 aliphatic rings. The van der Waals surface area contributed by atoms with Gasteiger partial charge in [-0.2, -0.15) is 0 Å². The number of rotatable bonds is 7. The Morgan fingerprint density at radius 1 is 1.21 bits per heavy atom. The Labute approximate surface area is 201 Å². The Hall–Kier alpha value is -1.84. The number of benzene rings is 1. The molecule has 0 aromatic heterocycles. The monoisotopic (exact) mass is 502 g/mol. The van der Waals surface area contributed by atoms with Crippen molar-refractivity contribution in [3.8, 4) is 0 Å². The van der Waals surface area contributed by atoms with Gasteiger partial charge in [0.05, 0.1) is 23.2 Å². The predicted octanol–water partition coefficient (Wildman–Crippen LogP) is 3.74. The van der Waals surface area contributed by atoms with Gasteiger partial charge < -0.3 is 20.5 Å². The zero-order chi connectivity index (χ0) is 24.8. The van der Waals surface area contributed by atoms with Crippen LogP contribution < -0.4 is 10.6 Å². The van der Waals surface area contributed by atoms with Crippen LogP contribution in [0.25, 0.3) is 0 Å². The van der Waals surface area contributed by atoms with E-state index in [9.17, 15) is 19.1 Å². The van der Waals surface area contributed by atoms with Gasteiger partial charge in [0.25, 0.3) is 0 Å². The summed E-state index contributed by atoms with van der Waals surface area (Å²) in [6.07, 6.45) is -0.0136. The Bertz CT molecular complexity index is 970. The van der Waals surface area contributed by atoms with Crippen molar-refractivity contribution in [2.24, 2.45) is 11.3 Å². The maximum Gasteiger partial charge on any atom is 0.249 e. The number of fused-ring (bicyclic) bond motifs is 2. The maximum atomic E-state index is 15.1. The van der Waals surface area contributed by atoms with E-state index in [1.807, 2.05) is 0 Å². The first-order valence-corrected chi connectivity index (χ1v) is 12.0. The Morgan fingerprint density at radius 2 is 1.88 bits per heavy atom. The molecule has 4 rings (SSSR count). The van der Waals surface area contributed by atoms with Gasteiger partial charge in [0.1, 0.15) is 23.4 Å². The third-order valence-corrected chi connectivity index (χ3v) is 8.32. The molecule has 0 heterocycles. The van der Waals surface area contributed by atoms with E-state index < -0.39 is 64.7 Å². The fraction of sp³-hybridized carbons (Fsp3) is 0.667. The zero-order valence-electron chi connectivity index (χ0n) is 19.2. The topological polar surface area (TPSA) is 87.7 Å². The number of alkyl halides is 1. The Kier molecular flexibility index (Phi) is 6.92. The highest BCUT2D eigenvalue weighted by Crippen LogP contribution is 2.63. The lowest BCUT2D eigenvalue weighted by molar-refractivity contribution is -0.131. The summed E-state index contributed by atoms with van der Waals surface area (Å²) in [5.74, 6) is -3.43. The van der Waals surface area contributed by atoms with Gasteiger partial charge in [-0.3, -0.25) is 9.59 Å². The minimum atomic E-state index is -1.40. The number of hydrogen-bond acceptors (Lipinski definition) is 4. The highest BCUT2D eigenvalue weighted by atomic mass is 35.5. The summed E-state index contributed by atoms with van der Waals surface area (Å²) in [6, 6.07) is 0.397. The van der Waals surface area contributed by atoms with Crippen LogP contribution in [-0.2, 0) is 14.3 Å². The number of hydrogen-bond donors (Lipinski definition) is 3. The van der Waals surface area contributed by atoms with E-state index in [0.29, 0.717) is 12.8 Å². The number of carbonyl (C=O) groups is 2. The van der Waals surface area contributed by atoms with E-state index >= 15 is 8.78 Å². The fourth-order valence-electron chi connectivity index (χ4n) is 5.96. The van der Waals surface area contributed by atoms with E-state index in [0.717, 1.165) is 12.1 Å². The van der Waals surface area contributed by atoms with Crippen LogP contribution in [0.15, 0.2) is 12.1 Å². The standard InChI is InChI=1S/C24H30ClF3N2O4/c1-12(34-2)21(32)29-16-9-13(10-17(16)31)22(33)30-20(18-15(26)4-3-14(25)19(18)27)23-5-7-24(28,11-23)8-6-23/h3-4,12-13,16-17,20,31H,5-11H2,1-2H3,(H,29,32)(H,30,33)/t12-,13-,16-,17+,20+,23?,24?/m0/s1. The Balaban J connectivity index is 1.57. The van der Waals surface area contributed by atoms with Crippen LogP contribution in [0.1, 0.15) is 63.5 Å². The number of halogens is 4. The van der Waals surface area contributed by atoms with Gasteiger partial charge in [-0.15, -0.1) is 0 Å². The van der Waals surface area contributed by atoms with Crippen LogP contribution in [-0.4, -0.2) is 47.9 Å². The molecule has 2 amide bonds. The largest absolute Gasteiger partial charge is 0.391 e. The summed E-state index contributed by atoms with van der Waals surface area (Å²) in [7, 11) is 1.39. The third kappa shape index (κ3) is 4.54. The van der Waals surface area contributed by atoms with Crippen molar-refractivity contribution in [2.75, 3.05) is 7.11 Å². The summed E-state index contributed by atoms with van der Waals surface area (Å²) >= 11 is 5.94. The van der Waals surface area contributed by atoms with E-state index in [2.05, 4.69) is 10.6 Å². The lowest BCUT2D eigenvalue weighted by atomic mass is 9.74. The normalized spacial score (nSPS) is 34.1. The molecule has 3 N–H and O–H groups in total. The lowest BCUT2D eigenvalue weighted by Crippen LogP contribution is -2.45. The van der Waals surface area contributed by atoms with Gasteiger partial charge in [0.2, 0.25) is 11.8 Å². The molecule has 1 aromatic rings. The molecule has 0 radical (unpaired) electrons. The van der Waals surface area contributed by atoms with E-state index in [4.69, 9.17) is 16.3 Å². The first-order valence-electron chi connectivity index (χ1n) is 11.6. The highest BCUT2D eigenvalue weighted by molar-refractivity contribution is 6.30. The second-order valence-electron chi connectivity index (χ2n) is 10.1. The van der Waals surface area contributed by atoms with Crippen molar-refractivity contribution in [1.29, 1.82) is 0 Å². The molecule has 0 unspecified atom stereocenters. The molecule has 188 valence electrons. The second-order valence-corrected chi connectivity index (χ2v) is 10.5. The average Bonchev–Trinajstić information content (AvgIpc) is 3.46. The molecule has 0 aliphatic heterocycles. The highest BCUT2D eigenvalue weighted by Gasteiger charge is 2.59. The van der Waals surface area contributed by atoms with Gasteiger partial charge in [-0.25, -0.2) is 13.2 Å². The van der Waals surface area contributed by atoms with E-state index in [1.54, 1.807) is 6.92 Å². The summed E-state index contributed by atoms with van der Waals surface area (Å²) in [4.78, 5) is 25.4. The molecule has 3 saturated carbocycles. The number of methoxy groups -OCH3 is 1. The van der Waals surface area contributed by atoms with Crippen LogP contribution in [0.2, 0.25) is 5.02 Å². The first kappa shape index (κ1) is 25.3. The lowest BCUT2D eigenvalue weighted by Gasteiger charge is -2.37. The quantitative estimate of drug-likeness (QED) is 0.496. The third-order valence-electron chi connectivity index (χ3n) is 8.03. The molecule has 5 atom stereocenters. The predicted molar refractivity (Wildman–Crippen MR) is 119 cm³/mol. The molecule has 0 spiro atoms. The van der Waals surface area contributed by atoms with Crippen LogP contribution in [0, 0.1) is 23.0 Å². The van der Waals surface area contributed by atoms with Crippen molar-refractivity contribution in [1.82, 2.24) is 10.6 Å². The molecule has 34 heavy (non-hydrogen) atoms. The number of ether oxygens (including phenoxy) is 1. The van der Waals surface area contributed by atoms with Crippen LogP contribution in [0.5, 0.6) is 0 Å². The molecule has 2 bridgehead atoms. The molecule has 3 fully saturated rings. The second kappa shape index (κ2) is 9.32. The molecule has 0 saturated heterocycles. The van der Waals surface area contributed by atoms with Crippen molar-refractivity contribution in [2.45, 2.75) is 81.8 Å². The molecular weight excluding hydrogens is 473 g/mol. The zero-order valence-corrected chi connectivity index (χ0v) is 19.9. The molecule has 6 nitrogen and oxygen atoms in total. The van der Waals surface area contributed by atoms with E-state index in [-0.39, 0.29) is 42.7 Å². The van der Waals surface area contributed by atoms with Gasteiger partial charge in [0.15, 0.2) is 0 Å². The fourth-order valence-corrected chi connectivity index (χ4v) is 6.13. The summed E-state index contributed by atoms with van der Waals surface area (Å²) in [6.45, 7) is 1.56. The van der Waals surface area contributed by atoms with E-state index in [1.165, 1.54) is 7.11 Å². The van der Waals surface area contributed by atoms with Crippen molar-refractivity contribution in [3.63, 3.8) is 0 Å². The van der Waals surface area contributed by atoms with Crippen LogP contribution in [0.3, 0.4) is 0 Å². The average molecular weight is 503 g/mol. The minimum absolute atomic E-state index is 0.0748. The minimum Gasteiger partial charge on any atom is -0.391 e. The summed E-state index contributed by atoms with van der Waals surface area (Å²) < 4.78 is 50.0. The first-order chi connectivity index (χ1) is 16.0. The number of nitrogens with one attached hydrogen (secondary N) is 2. The number of carbonyl (C=O) groups excluding carboxylic acids is 2. The smallest absolute Gasteiger partial charge is 0.249 e. The van der Waals surface area contributed by atoms with Crippen molar-refractivity contribution in [3.05, 3.63) is 34.4 Å². The summed E-state index contributed by atoms with van der Waals surface area (Å²) in [5, 5.41) is 15.6. The number of aliphatic hydroxyl groups is 1. The maximum absolute atomic E-state index is 15.1. The molecule has 1 aromatic carbocycles. The number of amides is 2. The van der Waals surface area contributed by atoms with Crippen molar-refractivity contribution >= 4 is 23.4 Å². The van der Waals surface area contributed by atoms with Gasteiger partial charge >= 0.3 is 0 Å². The molecular formula is C24H30ClF3N2O4. The van der Waals surface area contributed by atoms with Gasteiger partial charge in [-0.1, -0.05) is 11.6 Å². The van der Waals surface area contributed by atoms with Gasteiger partial charge in [-0.05, 0) is 69.4 Å². The number of aliphatic hydroxyl groups excluding tert-OH is 1. The Morgan fingerprint density at radius 3 is 2.47 bits per heavy atom. The van der Waals surface area contributed by atoms with Crippen molar-refractivity contribution < 1.29 is 32.6 Å². The van der Waals surface area contributed by atoms with Gasteiger partial charge in [0, 0.05) is 18.6 Å².